The van der Waals surface area contributed by atoms with E-state index in [1.807, 2.05) is 0 Å². The van der Waals surface area contributed by atoms with Crippen molar-refractivity contribution in [2.45, 2.75) is 44.2 Å². The summed E-state index contributed by atoms with van der Waals surface area (Å²) in [5.74, 6) is -3.21. The van der Waals surface area contributed by atoms with Crippen LogP contribution in [0.25, 0.3) is 0 Å². The first kappa shape index (κ1) is 14.9. The van der Waals surface area contributed by atoms with Crippen molar-refractivity contribution in [3.8, 4) is 0 Å². The van der Waals surface area contributed by atoms with Crippen LogP contribution in [0.1, 0.15) is 42.5 Å². The molecule has 1 aromatic carbocycles. The second-order valence-corrected chi connectivity index (χ2v) is 6.04. The van der Waals surface area contributed by atoms with Gasteiger partial charge in [-0.3, -0.25) is 4.79 Å². The molecule has 0 unspecified atom stereocenters. The molecule has 1 saturated heterocycles. The molecule has 1 aliphatic carbocycles. The van der Waals surface area contributed by atoms with Crippen LogP contribution in [0.15, 0.2) is 18.2 Å². The van der Waals surface area contributed by atoms with E-state index in [0.29, 0.717) is 6.42 Å². The maximum atomic E-state index is 13.9. The van der Waals surface area contributed by atoms with Gasteiger partial charge in [0.1, 0.15) is 17.7 Å². The third kappa shape index (κ3) is 2.46. The molecule has 1 saturated carbocycles. The van der Waals surface area contributed by atoms with Gasteiger partial charge in [0.15, 0.2) is 0 Å². The maximum absolute atomic E-state index is 13.9. The van der Waals surface area contributed by atoms with Crippen molar-refractivity contribution >= 4 is 11.9 Å². The Bertz CT molecular complexity index is 619. The van der Waals surface area contributed by atoms with Crippen LogP contribution in [0.5, 0.6) is 0 Å². The van der Waals surface area contributed by atoms with E-state index < -0.39 is 35.1 Å². The average Bonchev–Trinajstić information content (AvgIpc) is 2.88. The normalized spacial score (nSPS) is 27.5. The molecule has 2 fully saturated rings. The van der Waals surface area contributed by atoms with E-state index >= 15 is 0 Å². The van der Waals surface area contributed by atoms with E-state index in [-0.39, 0.29) is 12.0 Å². The van der Waals surface area contributed by atoms with Crippen molar-refractivity contribution in [2.75, 3.05) is 0 Å². The number of carbonyl (C=O) groups is 2. The molecule has 6 heteroatoms. The maximum Gasteiger partial charge on any atom is 0.326 e. The fourth-order valence-electron chi connectivity index (χ4n) is 3.77. The van der Waals surface area contributed by atoms with Gasteiger partial charge in [-0.2, -0.15) is 0 Å². The van der Waals surface area contributed by atoms with Crippen LogP contribution in [0, 0.1) is 17.6 Å². The lowest BCUT2D eigenvalue weighted by atomic mass is 9.84. The second-order valence-electron chi connectivity index (χ2n) is 6.04. The van der Waals surface area contributed by atoms with E-state index in [9.17, 15) is 23.5 Å². The monoisotopic (exact) mass is 309 g/mol. The molecule has 3 atom stereocenters. The average molecular weight is 309 g/mol. The third-order valence-corrected chi connectivity index (χ3v) is 4.77. The molecule has 1 aliphatic heterocycles. The molecule has 3 rings (SSSR count). The van der Waals surface area contributed by atoms with Crippen molar-refractivity contribution < 1.29 is 23.5 Å². The second kappa shape index (κ2) is 5.66. The minimum absolute atomic E-state index is 0.135. The first-order chi connectivity index (χ1) is 10.5. The first-order valence-electron chi connectivity index (χ1n) is 7.49. The van der Waals surface area contributed by atoms with Crippen LogP contribution in [-0.2, 0) is 4.79 Å². The Kier molecular flexibility index (Phi) is 3.85. The Morgan fingerprint density at radius 1 is 1.18 bits per heavy atom. The fourth-order valence-corrected chi connectivity index (χ4v) is 3.77. The zero-order valence-corrected chi connectivity index (χ0v) is 12.0. The Morgan fingerprint density at radius 3 is 2.64 bits per heavy atom. The van der Waals surface area contributed by atoms with Crippen LogP contribution < -0.4 is 0 Å². The molecule has 2 aliphatic rings. The van der Waals surface area contributed by atoms with Crippen LogP contribution >= 0.6 is 0 Å². The van der Waals surface area contributed by atoms with Gasteiger partial charge in [-0.15, -0.1) is 0 Å². The van der Waals surface area contributed by atoms with Gasteiger partial charge >= 0.3 is 5.97 Å². The number of aliphatic carboxylic acids is 1. The highest BCUT2D eigenvalue weighted by molar-refractivity contribution is 5.97. The van der Waals surface area contributed by atoms with Crippen LogP contribution in [0.2, 0.25) is 0 Å². The minimum atomic E-state index is -1.08. The van der Waals surface area contributed by atoms with E-state index in [1.165, 1.54) is 4.90 Å². The van der Waals surface area contributed by atoms with Gasteiger partial charge < -0.3 is 10.0 Å². The molecule has 1 heterocycles. The molecule has 0 spiro atoms. The van der Waals surface area contributed by atoms with Crippen molar-refractivity contribution in [3.05, 3.63) is 35.4 Å². The van der Waals surface area contributed by atoms with Crippen molar-refractivity contribution in [2.24, 2.45) is 5.92 Å². The number of carbonyl (C=O) groups excluding carboxylic acids is 1. The Morgan fingerprint density at radius 2 is 1.91 bits per heavy atom. The topological polar surface area (TPSA) is 57.6 Å². The van der Waals surface area contributed by atoms with E-state index in [2.05, 4.69) is 0 Å². The minimum Gasteiger partial charge on any atom is -0.480 e. The lowest BCUT2D eigenvalue weighted by Crippen LogP contribution is -2.46. The van der Waals surface area contributed by atoms with Gasteiger partial charge in [0, 0.05) is 6.04 Å². The van der Waals surface area contributed by atoms with Gasteiger partial charge in [-0.25, -0.2) is 13.6 Å². The number of rotatable bonds is 2. The van der Waals surface area contributed by atoms with Crippen molar-refractivity contribution in [1.82, 2.24) is 4.90 Å². The van der Waals surface area contributed by atoms with Gasteiger partial charge in [-0.05, 0) is 43.4 Å². The number of halogens is 2. The van der Waals surface area contributed by atoms with Gasteiger partial charge in [0.25, 0.3) is 5.91 Å². The first-order valence-corrected chi connectivity index (χ1v) is 7.49. The number of hydrogen-bond donors (Lipinski definition) is 1. The summed E-state index contributed by atoms with van der Waals surface area (Å²) in [5, 5.41) is 9.39. The van der Waals surface area contributed by atoms with Gasteiger partial charge in [0.05, 0.1) is 5.56 Å². The molecule has 0 aromatic heterocycles. The molecular weight excluding hydrogens is 292 g/mol. The smallest absolute Gasteiger partial charge is 0.326 e. The molecule has 118 valence electrons. The quantitative estimate of drug-likeness (QED) is 0.914. The molecule has 0 radical (unpaired) electrons. The zero-order valence-electron chi connectivity index (χ0n) is 12.0. The molecule has 1 N–H and O–H groups in total. The molecule has 4 nitrogen and oxygen atoms in total. The number of carboxylic acid groups (broad SMARTS) is 1. The summed E-state index contributed by atoms with van der Waals surface area (Å²) >= 11 is 0. The molecule has 1 amide bonds. The number of nitrogens with zero attached hydrogens (tertiary/aromatic N) is 1. The molecule has 0 bridgehead atoms. The Balaban J connectivity index is 1.97. The third-order valence-electron chi connectivity index (χ3n) is 4.77. The highest BCUT2D eigenvalue weighted by atomic mass is 19.1. The number of amides is 1. The summed E-state index contributed by atoms with van der Waals surface area (Å²) in [4.78, 5) is 25.4. The number of hydrogen-bond acceptors (Lipinski definition) is 2. The summed E-state index contributed by atoms with van der Waals surface area (Å²) < 4.78 is 27.2. The Labute approximate surface area is 126 Å². The van der Waals surface area contributed by atoms with Crippen LogP contribution in [0.3, 0.4) is 0 Å². The van der Waals surface area contributed by atoms with E-state index in [1.54, 1.807) is 0 Å². The lowest BCUT2D eigenvalue weighted by molar-refractivity contribution is -0.141. The Hall–Kier alpha value is -1.98. The standard InChI is InChI=1S/C16H17F2NO3/c17-10-5-6-12(18)11(8-10)15(20)19-13-4-2-1-3-9(13)7-14(19)16(21)22/h5-6,8-9,13-14H,1-4,7H2,(H,21,22)/t9-,13+,14+/m1/s1. The fraction of sp³-hybridized carbons (Fsp3) is 0.500. The largest absolute Gasteiger partial charge is 0.480 e. The van der Waals surface area contributed by atoms with Gasteiger partial charge in [-0.1, -0.05) is 12.8 Å². The van der Waals surface area contributed by atoms with E-state index in [4.69, 9.17) is 0 Å². The number of carboxylic acids is 1. The summed E-state index contributed by atoms with van der Waals surface area (Å²) in [7, 11) is 0. The number of fused-ring (bicyclic) bond motifs is 1. The zero-order chi connectivity index (χ0) is 15.9. The summed E-state index contributed by atoms with van der Waals surface area (Å²) in [6.07, 6.45) is 3.93. The SMILES string of the molecule is O=C(O)[C@@H]1C[C@H]2CCCC[C@@H]2N1C(=O)c1cc(F)ccc1F. The summed E-state index contributed by atoms with van der Waals surface area (Å²) in [5.41, 5.74) is -0.391. The molecule has 1 aromatic rings. The van der Waals surface area contributed by atoms with E-state index in [0.717, 1.165) is 43.9 Å². The predicted molar refractivity (Wildman–Crippen MR) is 74.3 cm³/mol. The number of benzene rings is 1. The van der Waals surface area contributed by atoms with Crippen LogP contribution in [0.4, 0.5) is 8.78 Å². The molecule has 22 heavy (non-hydrogen) atoms. The number of likely N-dealkylation sites (tertiary alicyclic amines) is 1. The highest BCUT2D eigenvalue weighted by Crippen LogP contribution is 2.40. The lowest BCUT2D eigenvalue weighted by Gasteiger charge is -2.33. The highest BCUT2D eigenvalue weighted by Gasteiger charge is 2.48. The van der Waals surface area contributed by atoms with Crippen molar-refractivity contribution in [1.29, 1.82) is 0 Å². The summed E-state index contributed by atoms with van der Waals surface area (Å²) in [6.45, 7) is 0. The van der Waals surface area contributed by atoms with Gasteiger partial charge in [0.2, 0.25) is 0 Å². The van der Waals surface area contributed by atoms with Crippen LogP contribution in [-0.4, -0.2) is 34.0 Å². The summed E-state index contributed by atoms with van der Waals surface area (Å²) in [6, 6.07) is 1.53. The molecular formula is C16H17F2NO3. The van der Waals surface area contributed by atoms with Crippen molar-refractivity contribution in [3.63, 3.8) is 0 Å². The predicted octanol–water partition coefficient (Wildman–Crippen LogP) is 2.82.